The van der Waals surface area contributed by atoms with Gasteiger partial charge in [0.05, 0.1) is 18.2 Å². The van der Waals surface area contributed by atoms with E-state index in [0.717, 1.165) is 5.56 Å². The maximum absolute atomic E-state index is 12.0. The zero-order valence-corrected chi connectivity index (χ0v) is 10.8. The fraction of sp³-hybridized carbons (Fsp3) is 0.357. The van der Waals surface area contributed by atoms with Crippen LogP contribution in [0.1, 0.15) is 18.1 Å². The van der Waals surface area contributed by atoms with Gasteiger partial charge in [-0.3, -0.25) is 9.59 Å². The molecule has 1 aliphatic heterocycles. The van der Waals surface area contributed by atoms with Gasteiger partial charge < -0.3 is 9.80 Å². The predicted molar refractivity (Wildman–Crippen MR) is 68.8 cm³/mol. The molecule has 0 N–H and O–H groups in total. The molecule has 1 aromatic rings. The zero-order valence-electron chi connectivity index (χ0n) is 10.8. The molecule has 0 spiro atoms. The lowest BCUT2D eigenvalue weighted by Crippen LogP contribution is -2.53. The molecule has 0 bridgehead atoms. The van der Waals surface area contributed by atoms with Crippen LogP contribution >= 0.6 is 0 Å². The highest BCUT2D eigenvalue weighted by molar-refractivity contribution is 5.92. The van der Waals surface area contributed by atoms with Crippen molar-refractivity contribution in [2.24, 2.45) is 0 Å². The standard InChI is InChI=1S/C14H15N3O2/c1-2-16-9-14(19)17(10-13(16)18)8-12-6-4-3-5-11(12)7-15/h3-6H,2,8-10H2,1H3. The molecule has 2 rings (SSSR count). The van der Waals surface area contributed by atoms with Gasteiger partial charge >= 0.3 is 0 Å². The molecule has 1 aromatic carbocycles. The summed E-state index contributed by atoms with van der Waals surface area (Å²) >= 11 is 0. The number of hydrogen-bond donors (Lipinski definition) is 0. The number of carbonyl (C=O) groups is 2. The molecule has 0 aromatic heterocycles. The molecule has 1 saturated heterocycles. The van der Waals surface area contributed by atoms with Gasteiger partial charge in [0.1, 0.15) is 6.54 Å². The molecule has 19 heavy (non-hydrogen) atoms. The lowest BCUT2D eigenvalue weighted by atomic mass is 10.1. The molecule has 0 atom stereocenters. The van der Waals surface area contributed by atoms with Gasteiger partial charge in [0, 0.05) is 13.1 Å². The highest BCUT2D eigenvalue weighted by atomic mass is 16.2. The molecule has 98 valence electrons. The SMILES string of the molecule is CCN1CC(=O)N(Cc2ccccc2C#N)CC1=O. The van der Waals surface area contributed by atoms with E-state index in [0.29, 0.717) is 18.7 Å². The molecule has 2 amide bonds. The Morgan fingerprint density at radius 2 is 1.79 bits per heavy atom. The van der Waals surface area contributed by atoms with Gasteiger partial charge in [-0.1, -0.05) is 18.2 Å². The number of piperazine rings is 1. The number of likely N-dealkylation sites (N-methyl/N-ethyl adjacent to an activating group) is 1. The molecule has 1 heterocycles. The Bertz CT molecular complexity index is 548. The first-order valence-corrected chi connectivity index (χ1v) is 6.19. The second kappa shape index (κ2) is 5.53. The minimum absolute atomic E-state index is 0.0449. The van der Waals surface area contributed by atoms with Crippen LogP contribution < -0.4 is 0 Å². The molecule has 1 aliphatic rings. The number of benzene rings is 1. The van der Waals surface area contributed by atoms with Crippen molar-refractivity contribution in [3.8, 4) is 6.07 Å². The number of nitriles is 1. The second-order valence-corrected chi connectivity index (χ2v) is 4.43. The summed E-state index contributed by atoms with van der Waals surface area (Å²) in [6.45, 7) is 2.93. The van der Waals surface area contributed by atoms with Gasteiger partial charge in [0.2, 0.25) is 11.8 Å². The molecule has 5 nitrogen and oxygen atoms in total. The van der Waals surface area contributed by atoms with E-state index in [-0.39, 0.29) is 24.9 Å². The fourth-order valence-corrected chi connectivity index (χ4v) is 2.11. The smallest absolute Gasteiger partial charge is 0.242 e. The van der Waals surface area contributed by atoms with E-state index >= 15 is 0 Å². The first-order chi connectivity index (χ1) is 9.15. The summed E-state index contributed by atoms with van der Waals surface area (Å²) in [6.07, 6.45) is 0. The minimum atomic E-state index is -0.0748. The Hall–Kier alpha value is -2.35. The third kappa shape index (κ3) is 2.74. The first kappa shape index (κ1) is 13.1. The summed E-state index contributed by atoms with van der Waals surface area (Å²) < 4.78 is 0. The Morgan fingerprint density at radius 1 is 1.16 bits per heavy atom. The van der Waals surface area contributed by atoms with Crippen molar-refractivity contribution in [3.05, 3.63) is 35.4 Å². The summed E-state index contributed by atoms with van der Waals surface area (Å²) in [5.74, 6) is -0.120. The third-order valence-corrected chi connectivity index (χ3v) is 3.24. The van der Waals surface area contributed by atoms with Crippen molar-refractivity contribution >= 4 is 11.8 Å². The Morgan fingerprint density at radius 3 is 2.47 bits per heavy atom. The van der Waals surface area contributed by atoms with Crippen molar-refractivity contribution in [2.45, 2.75) is 13.5 Å². The summed E-state index contributed by atoms with van der Waals surface area (Å²) in [5.41, 5.74) is 1.32. The van der Waals surface area contributed by atoms with Crippen LogP contribution in [0.5, 0.6) is 0 Å². The number of rotatable bonds is 3. The number of amides is 2. The van der Waals surface area contributed by atoms with Gasteiger partial charge in [0.25, 0.3) is 0 Å². The van der Waals surface area contributed by atoms with Crippen molar-refractivity contribution in [1.82, 2.24) is 9.80 Å². The summed E-state index contributed by atoms with van der Waals surface area (Å²) in [6, 6.07) is 9.22. The van der Waals surface area contributed by atoms with Crippen molar-refractivity contribution in [1.29, 1.82) is 5.26 Å². The van der Waals surface area contributed by atoms with E-state index in [2.05, 4.69) is 6.07 Å². The van der Waals surface area contributed by atoms with Crippen LogP contribution in [0.15, 0.2) is 24.3 Å². The summed E-state index contributed by atoms with van der Waals surface area (Å²) in [4.78, 5) is 26.8. The van der Waals surface area contributed by atoms with E-state index < -0.39 is 0 Å². The van der Waals surface area contributed by atoms with Crippen molar-refractivity contribution < 1.29 is 9.59 Å². The van der Waals surface area contributed by atoms with E-state index in [1.54, 1.807) is 12.1 Å². The average Bonchev–Trinajstić information content (AvgIpc) is 2.43. The number of hydrogen-bond acceptors (Lipinski definition) is 3. The van der Waals surface area contributed by atoms with Gasteiger partial charge in [-0.05, 0) is 18.6 Å². The third-order valence-electron chi connectivity index (χ3n) is 3.24. The van der Waals surface area contributed by atoms with Crippen LogP contribution in [0.3, 0.4) is 0 Å². The van der Waals surface area contributed by atoms with Gasteiger partial charge in [-0.2, -0.15) is 5.26 Å². The lowest BCUT2D eigenvalue weighted by Gasteiger charge is -2.33. The quantitative estimate of drug-likeness (QED) is 0.802. The highest BCUT2D eigenvalue weighted by Crippen LogP contribution is 2.13. The normalized spacial score (nSPS) is 15.6. The predicted octanol–water partition coefficient (Wildman–Crippen LogP) is 0.749. The lowest BCUT2D eigenvalue weighted by molar-refractivity contribution is -0.150. The van der Waals surface area contributed by atoms with Crippen LogP contribution in [0.4, 0.5) is 0 Å². The zero-order chi connectivity index (χ0) is 13.8. The van der Waals surface area contributed by atoms with Crippen LogP contribution in [0.25, 0.3) is 0 Å². The highest BCUT2D eigenvalue weighted by Gasteiger charge is 2.28. The Labute approximate surface area is 112 Å². The molecule has 0 unspecified atom stereocenters. The number of carbonyl (C=O) groups excluding carboxylic acids is 2. The van der Waals surface area contributed by atoms with Crippen molar-refractivity contribution in [2.75, 3.05) is 19.6 Å². The molecule has 1 fully saturated rings. The van der Waals surface area contributed by atoms with Crippen molar-refractivity contribution in [3.63, 3.8) is 0 Å². The second-order valence-electron chi connectivity index (χ2n) is 4.43. The van der Waals surface area contributed by atoms with Crippen LogP contribution in [-0.2, 0) is 16.1 Å². The largest absolute Gasteiger partial charge is 0.332 e. The molecular formula is C14H15N3O2. The molecule has 0 radical (unpaired) electrons. The minimum Gasteiger partial charge on any atom is -0.332 e. The molecule has 0 saturated carbocycles. The average molecular weight is 257 g/mol. The topological polar surface area (TPSA) is 64.4 Å². The van der Waals surface area contributed by atoms with E-state index in [4.69, 9.17) is 5.26 Å². The fourth-order valence-electron chi connectivity index (χ4n) is 2.11. The Kier molecular flexibility index (Phi) is 3.81. The van der Waals surface area contributed by atoms with Crippen LogP contribution in [0, 0.1) is 11.3 Å². The first-order valence-electron chi connectivity index (χ1n) is 6.19. The molecule has 5 heteroatoms. The maximum atomic E-state index is 12.0. The van der Waals surface area contributed by atoms with E-state index in [9.17, 15) is 9.59 Å². The van der Waals surface area contributed by atoms with E-state index in [1.165, 1.54) is 9.80 Å². The van der Waals surface area contributed by atoms with Gasteiger partial charge in [-0.25, -0.2) is 0 Å². The Balaban J connectivity index is 2.14. The number of nitrogens with zero attached hydrogens (tertiary/aromatic N) is 3. The van der Waals surface area contributed by atoms with Gasteiger partial charge in [0.15, 0.2) is 0 Å². The maximum Gasteiger partial charge on any atom is 0.242 e. The summed E-state index contributed by atoms with van der Waals surface area (Å²) in [5, 5.41) is 9.02. The van der Waals surface area contributed by atoms with E-state index in [1.807, 2.05) is 19.1 Å². The monoisotopic (exact) mass is 257 g/mol. The molecular weight excluding hydrogens is 242 g/mol. The van der Waals surface area contributed by atoms with Crippen LogP contribution in [0.2, 0.25) is 0 Å². The van der Waals surface area contributed by atoms with Crippen LogP contribution in [-0.4, -0.2) is 41.2 Å². The summed E-state index contributed by atoms with van der Waals surface area (Å²) in [7, 11) is 0. The van der Waals surface area contributed by atoms with Gasteiger partial charge in [-0.15, -0.1) is 0 Å². The molecule has 0 aliphatic carbocycles.